The Morgan fingerprint density at radius 3 is 2.62 bits per heavy atom. The van der Waals surface area contributed by atoms with Gasteiger partial charge in [0.25, 0.3) is 5.91 Å². The number of benzene rings is 2. The Labute approximate surface area is 133 Å². The topological polar surface area (TPSA) is 46.3 Å². The predicted octanol–water partition coefficient (Wildman–Crippen LogP) is 4.17. The van der Waals surface area contributed by atoms with Crippen LogP contribution in [0.3, 0.4) is 0 Å². The van der Waals surface area contributed by atoms with E-state index in [1.807, 2.05) is 63.4 Å². The molecule has 1 atom stereocenters. The van der Waals surface area contributed by atoms with E-state index >= 15 is 0 Å². The maximum Gasteiger partial charge on any atom is 0.254 e. The number of nitrogen functional groups attached to an aromatic ring is 1. The Bertz CT molecular complexity index is 670. The van der Waals surface area contributed by atoms with Gasteiger partial charge in [-0.15, -0.1) is 0 Å². The van der Waals surface area contributed by atoms with Gasteiger partial charge < -0.3 is 10.6 Å². The Kier molecular flexibility index (Phi) is 4.68. The van der Waals surface area contributed by atoms with Crippen molar-refractivity contribution in [1.29, 1.82) is 0 Å². The van der Waals surface area contributed by atoms with Gasteiger partial charge in [-0.2, -0.15) is 0 Å². The number of halogens is 1. The molecule has 21 heavy (non-hydrogen) atoms. The highest BCUT2D eigenvalue weighted by molar-refractivity contribution is 9.10. The lowest BCUT2D eigenvalue weighted by Gasteiger charge is -2.26. The first-order chi connectivity index (χ1) is 9.90. The summed E-state index contributed by atoms with van der Waals surface area (Å²) in [7, 11) is 1.82. The van der Waals surface area contributed by atoms with Crippen molar-refractivity contribution in [3.8, 4) is 0 Å². The molecule has 0 aliphatic carbocycles. The van der Waals surface area contributed by atoms with Crippen LogP contribution in [0.5, 0.6) is 0 Å². The Hall–Kier alpha value is -1.81. The molecule has 0 aliphatic heterocycles. The van der Waals surface area contributed by atoms with Gasteiger partial charge in [0.05, 0.1) is 6.04 Å². The fraction of sp³-hybridized carbons (Fsp3) is 0.235. The van der Waals surface area contributed by atoms with E-state index < -0.39 is 0 Å². The van der Waals surface area contributed by atoms with E-state index in [-0.39, 0.29) is 11.9 Å². The maximum atomic E-state index is 12.7. The fourth-order valence-corrected chi connectivity index (χ4v) is 2.59. The second-order valence-corrected chi connectivity index (χ2v) is 6.14. The molecule has 2 aromatic carbocycles. The van der Waals surface area contributed by atoms with Crippen molar-refractivity contribution in [3.05, 3.63) is 63.6 Å². The molecule has 0 spiro atoms. The Morgan fingerprint density at radius 2 is 1.95 bits per heavy atom. The van der Waals surface area contributed by atoms with E-state index in [1.54, 1.807) is 4.90 Å². The van der Waals surface area contributed by atoms with Gasteiger partial charge >= 0.3 is 0 Å². The van der Waals surface area contributed by atoms with E-state index in [4.69, 9.17) is 5.73 Å². The van der Waals surface area contributed by atoms with Crippen molar-refractivity contribution < 1.29 is 4.79 Å². The number of carbonyl (C=O) groups is 1. The summed E-state index contributed by atoms with van der Waals surface area (Å²) in [6, 6.07) is 13.3. The van der Waals surface area contributed by atoms with Gasteiger partial charge in [0, 0.05) is 22.8 Å². The van der Waals surface area contributed by atoms with Crippen LogP contribution < -0.4 is 5.73 Å². The molecule has 0 fully saturated rings. The highest BCUT2D eigenvalue weighted by atomic mass is 79.9. The van der Waals surface area contributed by atoms with Crippen molar-refractivity contribution >= 4 is 27.5 Å². The van der Waals surface area contributed by atoms with E-state index in [2.05, 4.69) is 15.9 Å². The van der Waals surface area contributed by atoms with E-state index in [1.165, 1.54) is 0 Å². The lowest BCUT2D eigenvalue weighted by molar-refractivity contribution is 0.0742. The van der Waals surface area contributed by atoms with Gasteiger partial charge in [0.15, 0.2) is 0 Å². The Balaban J connectivity index is 2.28. The van der Waals surface area contributed by atoms with Crippen LogP contribution in [-0.4, -0.2) is 17.9 Å². The van der Waals surface area contributed by atoms with Gasteiger partial charge in [-0.1, -0.05) is 34.1 Å². The number of carbonyl (C=O) groups excluding carboxylic acids is 1. The first-order valence-electron chi connectivity index (χ1n) is 6.79. The zero-order chi connectivity index (χ0) is 15.6. The van der Waals surface area contributed by atoms with Crippen molar-refractivity contribution in [1.82, 2.24) is 4.90 Å². The average molecular weight is 347 g/mol. The zero-order valence-corrected chi connectivity index (χ0v) is 14.0. The number of aryl methyl sites for hydroxylation is 1. The minimum absolute atomic E-state index is 0.00345. The monoisotopic (exact) mass is 346 g/mol. The van der Waals surface area contributed by atoms with Crippen LogP contribution in [0.1, 0.15) is 34.5 Å². The molecule has 4 heteroatoms. The lowest BCUT2D eigenvalue weighted by atomic mass is 10.0. The fourth-order valence-electron chi connectivity index (χ4n) is 2.23. The number of anilines is 1. The highest BCUT2D eigenvalue weighted by Crippen LogP contribution is 2.24. The van der Waals surface area contributed by atoms with Crippen LogP contribution in [0.15, 0.2) is 46.9 Å². The van der Waals surface area contributed by atoms with Crippen molar-refractivity contribution in [2.75, 3.05) is 12.8 Å². The first kappa shape index (κ1) is 15.6. The summed E-state index contributed by atoms with van der Waals surface area (Å²) in [5.41, 5.74) is 9.23. The van der Waals surface area contributed by atoms with E-state index in [0.717, 1.165) is 15.6 Å². The molecular formula is C17H19BrN2O. The number of nitrogens with two attached hydrogens (primary N) is 1. The molecule has 110 valence electrons. The van der Waals surface area contributed by atoms with Gasteiger partial charge in [-0.3, -0.25) is 4.79 Å². The minimum atomic E-state index is -0.0422. The molecular weight excluding hydrogens is 328 g/mol. The van der Waals surface area contributed by atoms with Crippen molar-refractivity contribution in [3.63, 3.8) is 0 Å². The molecule has 1 amide bonds. The normalized spacial score (nSPS) is 12.0. The summed E-state index contributed by atoms with van der Waals surface area (Å²) in [5.74, 6) is 0.00345. The van der Waals surface area contributed by atoms with Crippen LogP contribution in [0.25, 0.3) is 0 Å². The van der Waals surface area contributed by atoms with Crippen LogP contribution >= 0.6 is 15.9 Å². The molecule has 0 aromatic heterocycles. The summed E-state index contributed by atoms with van der Waals surface area (Å²) >= 11 is 3.42. The molecule has 2 N–H and O–H groups in total. The predicted molar refractivity (Wildman–Crippen MR) is 90.2 cm³/mol. The third kappa shape index (κ3) is 3.45. The maximum absolute atomic E-state index is 12.7. The van der Waals surface area contributed by atoms with E-state index in [0.29, 0.717) is 11.3 Å². The Morgan fingerprint density at radius 1 is 1.24 bits per heavy atom. The second-order valence-electron chi connectivity index (χ2n) is 5.22. The summed E-state index contributed by atoms with van der Waals surface area (Å²) in [6.45, 7) is 3.94. The summed E-state index contributed by atoms with van der Waals surface area (Å²) in [6.07, 6.45) is 0. The summed E-state index contributed by atoms with van der Waals surface area (Å²) in [4.78, 5) is 14.4. The smallest absolute Gasteiger partial charge is 0.254 e. The SMILES string of the molecule is Cc1ccc(Br)cc1C(=O)N(C)C(C)c1cccc(N)c1. The van der Waals surface area contributed by atoms with Crippen LogP contribution in [0, 0.1) is 6.92 Å². The van der Waals surface area contributed by atoms with Crippen LogP contribution in [0.2, 0.25) is 0 Å². The third-order valence-corrected chi connectivity index (χ3v) is 4.22. The number of amides is 1. The average Bonchev–Trinajstić information content (AvgIpc) is 2.47. The number of nitrogens with zero attached hydrogens (tertiary/aromatic N) is 1. The zero-order valence-electron chi connectivity index (χ0n) is 12.4. The molecule has 3 nitrogen and oxygen atoms in total. The second kappa shape index (κ2) is 6.31. The molecule has 0 saturated carbocycles. The molecule has 1 unspecified atom stereocenters. The lowest BCUT2D eigenvalue weighted by Crippen LogP contribution is -2.30. The van der Waals surface area contributed by atoms with Crippen molar-refractivity contribution in [2.45, 2.75) is 19.9 Å². The summed E-state index contributed by atoms with van der Waals surface area (Å²) in [5, 5.41) is 0. The molecule has 0 heterocycles. The minimum Gasteiger partial charge on any atom is -0.399 e. The number of hydrogen-bond donors (Lipinski definition) is 1. The van der Waals surface area contributed by atoms with Gasteiger partial charge in [0.2, 0.25) is 0 Å². The number of hydrogen-bond acceptors (Lipinski definition) is 2. The van der Waals surface area contributed by atoms with Gasteiger partial charge in [0.1, 0.15) is 0 Å². The van der Waals surface area contributed by atoms with Gasteiger partial charge in [-0.05, 0) is 49.2 Å². The third-order valence-electron chi connectivity index (χ3n) is 3.72. The molecule has 0 radical (unpaired) electrons. The highest BCUT2D eigenvalue weighted by Gasteiger charge is 2.20. The summed E-state index contributed by atoms with van der Waals surface area (Å²) < 4.78 is 0.904. The largest absolute Gasteiger partial charge is 0.399 e. The first-order valence-corrected chi connectivity index (χ1v) is 7.58. The van der Waals surface area contributed by atoms with Crippen LogP contribution in [-0.2, 0) is 0 Å². The molecule has 0 aliphatic rings. The molecule has 2 aromatic rings. The molecule has 0 bridgehead atoms. The molecule has 2 rings (SSSR count). The van der Waals surface area contributed by atoms with Crippen molar-refractivity contribution in [2.24, 2.45) is 0 Å². The van der Waals surface area contributed by atoms with Gasteiger partial charge in [-0.25, -0.2) is 0 Å². The molecule has 0 saturated heterocycles. The standard InChI is InChI=1S/C17H19BrN2O/c1-11-7-8-14(18)10-16(11)17(21)20(3)12(2)13-5-4-6-15(19)9-13/h4-10,12H,19H2,1-3H3. The number of rotatable bonds is 3. The van der Waals surface area contributed by atoms with E-state index in [9.17, 15) is 4.79 Å². The van der Waals surface area contributed by atoms with Crippen LogP contribution in [0.4, 0.5) is 5.69 Å². The quantitative estimate of drug-likeness (QED) is 0.847.